The Morgan fingerprint density at radius 2 is 1.54 bits per heavy atom. The van der Waals surface area contributed by atoms with Crippen molar-refractivity contribution in [1.29, 1.82) is 0 Å². The Labute approximate surface area is 279 Å². The standard InChI is InChI=1S/C38H49N3O3SSi/c1-25(2)46(26(3)4,27(5)6)44-34-21-32(19-31(34)23-42)41-38-33(22-39-24-40-38)37(43)36-20-30(17-28-13-9-7-10-14-28)35(45-36)18-29-15-11-8-12-16-29/h7-16,20,22,24-27,31-32,34,42H,17-19,21,23H2,1-6H3,(H,39,40,41)/t31-,32-,34+/m1/s1. The second-order valence-electron chi connectivity index (χ2n) is 13.7. The van der Waals surface area contributed by atoms with E-state index >= 15 is 0 Å². The topological polar surface area (TPSA) is 84.3 Å². The predicted octanol–water partition coefficient (Wildman–Crippen LogP) is 8.69. The highest BCUT2D eigenvalue weighted by molar-refractivity contribution is 7.14. The number of thiophene rings is 1. The van der Waals surface area contributed by atoms with Gasteiger partial charge in [0.05, 0.1) is 16.5 Å². The van der Waals surface area contributed by atoms with Crippen LogP contribution in [0.4, 0.5) is 5.82 Å². The number of carbonyl (C=O) groups is 1. The summed E-state index contributed by atoms with van der Waals surface area (Å²) in [5.74, 6) is 0.516. The lowest BCUT2D eigenvalue weighted by molar-refractivity contribution is 0.0941. The number of carbonyl (C=O) groups excluding carboxylic acids is 1. The van der Waals surface area contributed by atoms with Gasteiger partial charge in [-0.2, -0.15) is 0 Å². The number of hydrogen-bond acceptors (Lipinski definition) is 7. The van der Waals surface area contributed by atoms with E-state index in [0.717, 1.165) is 25.7 Å². The summed E-state index contributed by atoms with van der Waals surface area (Å²) in [5.41, 5.74) is 5.48. The molecule has 244 valence electrons. The maximum Gasteiger partial charge on any atom is 0.208 e. The molecule has 2 aromatic heterocycles. The number of hydrogen-bond donors (Lipinski definition) is 2. The van der Waals surface area contributed by atoms with Crippen molar-refractivity contribution in [2.75, 3.05) is 11.9 Å². The average molecular weight is 656 g/mol. The van der Waals surface area contributed by atoms with Gasteiger partial charge >= 0.3 is 0 Å². The molecule has 8 heteroatoms. The Kier molecular flexibility index (Phi) is 11.3. The molecule has 0 unspecified atom stereocenters. The smallest absolute Gasteiger partial charge is 0.208 e. The largest absolute Gasteiger partial charge is 0.413 e. The number of anilines is 1. The molecular weight excluding hydrogens is 607 g/mol. The first-order valence-electron chi connectivity index (χ1n) is 16.7. The maximum absolute atomic E-state index is 14.1. The van der Waals surface area contributed by atoms with Gasteiger partial charge in [0.25, 0.3) is 0 Å². The number of nitrogens with one attached hydrogen (secondary N) is 1. The molecule has 2 aromatic carbocycles. The van der Waals surface area contributed by atoms with Gasteiger partial charge in [0.2, 0.25) is 14.1 Å². The van der Waals surface area contributed by atoms with Crippen LogP contribution in [0.1, 0.15) is 91.2 Å². The quantitative estimate of drug-likeness (QED) is 0.104. The number of aliphatic hydroxyl groups excluding tert-OH is 1. The van der Waals surface area contributed by atoms with Crippen LogP contribution in [0.5, 0.6) is 0 Å². The van der Waals surface area contributed by atoms with E-state index in [1.165, 1.54) is 27.9 Å². The lowest BCUT2D eigenvalue weighted by atomic mass is 10.0. The van der Waals surface area contributed by atoms with Gasteiger partial charge in [-0.3, -0.25) is 4.79 Å². The van der Waals surface area contributed by atoms with Gasteiger partial charge < -0.3 is 14.8 Å². The van der Waals surface area contributed by atoms with Crippen LogP contribution in [-0.2, 0) is 17.3 Å². The van der Waals surface area contributed by atoms with Crippen LogP contribution >= 0.6 is 11.3 Å². The van der Waals surface area contributed by atoms with Crippen LogP contribution in [0.25, 0.3) is 0 Å². The van der Waals surface area contributed by atoms with Crippen LogP contribution < -0.4 is 5.32 Å². The van der Waals surface area contributed by atoms with E-state index < -0.39 is 8.32 Å². The molecule has 0 aliphatic heterocycles. The maximum atomic E-state index is 14.1. The molecule has 2 N–H and O–H groups in total. The Balaban J connectivity index is 1.38. The number of aliphatic hydroxyl groups is 1. The molecule has 3 atom stereocenters. The van der Waals surface area contributed by atoms with Gasteiger partial charge in [-0.25, -0.2) is 9.97 Å². The average Bonchev–Trinajstić information content (AvgIpc) is 3.62. The van der Waals surface area contributed by atoms with Crippen LogP contribution in [0.15, 0.2) is 79.3 Å². The van der Waals surface area contributed by atoms with Crippen LogP contribution in [-0.4, -0.2) is 47.9 Å². The van der Waals surface area contributed by atoms with E-state index in [0.29, 0.717) is 32.9 Å². The second-order valence-corrected chi connectivity index (χ2v) is 20.3. The zero-order chi connectivity index (χ0) is 32.8. The third kappa shape index (κ3) is 7.52. The van der Waals surface area contributed by atoms with Gasteiger partial charge in [-0.15, -0.1) is 11.3 Å². The van der Waals surface area contributed by atoms with Crippen molar-refractivity contribution in [3.63, 3.8) is 0 Å². The van der Waals surface area contributed by atoms with Gasteiger partial charge in [-0.1, -0.05) is 102 Å². The van der Waals surface area contributed by atoms with E-state index in [9.17, 15) is 9.90 Å². The van der Waals surface area contributed by atoms with Crippen molar-refractivity contribution < 1.29 is 14.3 Å². The SMILES string of the molecule is CC(C)[Si](O[C@H]1C[C@H](Nc2ncncc2C(=O)c2cc(Cc3ccccc3)c(Cc3ccccc3)s2)C[C@@H]1CO)(C(C)C)C(C)C. The number of nitrogens with zero attached hydrogens (tertiary/aromatic N) is 2. The molecule has 1 aliphatic rings. The molecule has 0 radical (unpaired) electrons. The monoisotopic (exact) mass is 655 g/mol. The summed E-state index contributed by atoms with van der Waals surface area (Å²) in [6.45, 7) is 13.9. The van der Waals surface area contributed by atoms with Gasteiger partial charge in [0.1, 0.15) is 12.1 Å². The molecular formula is C38H49N3O3SSi. The molecule has 0 bridgehead atoms. The first-order valence-corrected chi connectivity index (χ1v) is 19.7. The summed E-state index contributed by atoms with van der Waals surface area (Å²) in [6.07, 6.45) is 6.17. The van der Waals surface area contributed by atoms with Crippen LogP contribution in [0, 0.1) is 5.92 Å². The number of rotatable bonds is 14. The first kappa shape index (κ1) is 34.2. The van der Waals surface area contributed by atoms with Crippen LogP contribution in [0.2, 0.25) is 16.6 Å². The minimum Gasteiger partial charge on any atom is -0.413 e. The van der Waals surface area contributed by atoms with Crippen molar-refractivity contribution in [2.45, 2.75) is 96.0 Å². The molecule has 0 spiro atoms. The fourth-order valence-electron chi connectivity index (χ4n) is 7.62. The van der Waals surface area contributed by atoms with Crippen molar-refractivity contribution in [1.82, 2.24) is 9.97 Å². The number of benzene rings is 2. The van der Waals surface area contributed by atoms with Gasteiger partial charge in [-0.05, 0) is 58.6 Å². The molecule has 1 aliphatic carbocycles. The van der Waals surface area contributed by atoms with Crippen molar-refractivity contribution in [2.24, 2.45) is 5.92 Å². The minimum atomic E-state index is -2.12. The Morgan fingerprint density at radius 1 is 0.935 bits per heavy atom. The third-order valence-corrected chi connectivity index (χ3v) is 17.1. The summed E-state index contributed by atoms with van der Waals surface area (Å²) in [7, 11) is -2.12. The van der Waals surface area contributed by atoms with E-state index in [2.05, 4.69) is 111 Å². The van der Waals surface area contributed by atoms with E-state index in [1.807, 2.05) is 12.1 Å². The summed E-state index contributed by atoms with van der Waals surface area (Å²) in [6, 6.07) is 22.9. The molecule has 1 fully saturated rings. The zero-order valence-electron chi connectivity index (χ0n) is 28.1. The Bertz CT molecular complexity index is 1490. The summed E-state index contributed by atoms with van der Waals surface area (Å²) >= 11 is 1.57. The van der Waals surface area contributed by atoms with Crippen molar-refractivity contribution in [3.8, 4) is 0 Å². The van der Waals surface area contributed by atoms with Gasteiger partial charge in [0.15, 0.2) is 0 Å². The van der Waals surface area contributed by atoms with E-state index in [4.69, 9.17) is 4.43 Å². The highest BCUT2D eigenvalue weighted by Gasteiger charge is 2.49. The normalized spacial score (nSPS) is 18.5. The lowest BCUT2D eigenvalue weighted by Gasteiger charge is -2.45. The van der Waals surface area contributed by atoms with Crippen molar-refractivity contribution >= 4 is 31.3 Å². The molecule has 0 saturated heterocycles. The second kappa shape index (κ2) is 15.2. The molecule has 6 nitrogen and oxygen atoms in total. The molecule has 0 amide bonds. The lowest BCUT2D eigenvalue weighted by Crippen LogP contribution is -2.51. The van der Waals surface area contributed by atoms with Gasteiger partial charge in [0, 0.05) is 36.1 Å². The first-order chi connectivity index (χ1) is 22.1. The molecule has 2 heterocycles. The molecule has 4 aromatic rings. The van der Waals surface area contributed by atoms with E-state index in [-0.39, 0.29) is 30.5 Å². The Hall–Kier alpha value is -3.17. The van der Waals surface area contributed by atoms with Crippen LogP contribution in [0.3, 0.4) is 0 Å². The third-order valence-electron chi connectivity index (χ3n) is 9.79. The molecule has 1 saturated carbocycles. The number of aromatic nitrogens is 2. The summed E-state index contributed by atoms with van der Waals surface area (Å²) in [4.78, 5) is 24.8. The summed E-state index contributed by atoms with van der Waals surface area (Å²) in [5, 5.41) is 14.0. The highest BCUT2D eigenvalue weighted by Crippen LogP contribution is 2.46. The Morgan fingerprint density at radius 3 is 2.13 bits per heavy atom. The highest BCUT2D eigenvalue weighted by atomic mass is 32.1. The molecule has 46 heavy (non-hydrogen) atoms. The van der Waals surface area contributed by atoms with Crippen molar-refractivity contribution in [3.05, 3.63) is 111 Å². The van der Waals surface area contributed by atoms with E-state index in [1.54, 1.807) is 17.5 Å². The zero-order valence-corrected chi connectivity index (χ0v) is 29.9. The number of ketones is 1. The fourth-order valence-corrected chi connectivity index (χ4v) is 14.4. The fraction of sp³-hybridized carbons (Fsp3) is 0.447. The summed E-state index contributed by atoms with van der Waals surface area (Å²) < 4.78 is 7.16. The molecule has 5 rings (SSSR count). The minimum absolute atomic E-state index is 0.0271. The predicted molar refractivity (Wildman–Crippen MR) is 191 cm³/mol.